The Balaban J connectivity index is 1.75. The topological polar surface area (TPSA) is 84.2 Å². The second kappa shape index (κ2) is 5.81. The van der Waals surface area contributed by atoms with E-state index in [1.807, 2.05) is 31.2 Å². The van der Waals surface area contributed by atoms with Gasteiger partial charge in [0.1, 0.15) is 0 Å². The van der Waals surface area contributed by atoms with Crippen LogP contribution >= 0.6 is 15.9 Å². The van der Waals surface area contributed by atoms with Crippen molar-refractivity contribution in [3.63, 3.8) is 0 Å². The summed E-state index contributed by atoms with van der Waals surface area (Å²) in [5.74, 6) is -1.14. The van der Waals surface area contributed by atoms with Gasteiger partial charge >= 0.3 is 5.97 Å². The van der Waals surface area contributed by atoms with E-state index in [2.05, 4.69) is 26.3 Å². The first-order valence-electron chi connectivity index (χ1n) is 7.25. The summed E-state index contributed by atoms with van der Waals surface area (Å²) in [7, 11) is 0. The van der Waals surface area contributed by atoms with Crippen LogP contribution in [0.5, 0.6) is 0 Å². The summed E-state index contributed by atoms with van der Waals surface area (Å²) >= 11 is 3.38. The van der Waals surface area contributed by atoms with Crippen LogP contribution in [0.15, 0.2) is 34.9 Å². The summed E-state index contributed by atoms with van der Waals surface area (Å²) < 4.78 is 2.65. The molecule has 7 heteroatoms. The number of hydrogen-bond donors (Lipinski definition) is 2. The van der Waals surface area contributed by atoms with Crippen LogP contribution in [0.1, 0.15) is 28.9 Å². The molecule has 0 saturated heterocycles. The van der Waals surface area contributed by atoms with Gasteiger partial charge in [0.05, 0.1) is 28.6 Å². The zero-order valence-electron chi connectivity index (χ0n) is 12.5. The van der Waals surface area contributed by atoms with Crippen LogP contribution in [0.2, 0.25) is 0 Å². The van der Waals surface area contributed by atoms with Gasteiger partial charge in [0.2, 0.25) is 0 Å². The zero-order chi connectivity index (χ0) is 16.6. The Labute approximate surface area is 141 Å². The van der Waals surface area contributed by atoms with E-state index in [4.69, 9.17) is 5.11 Å². The van der Waals surface area contributed by atoms with Crippen LogP contribution in [0, 0.1) is 12.3 Å². The second-order valence-corrected chi connectivity index (χ2v) is 6.72. The minimum Gasteiger partial charge on any atom is -0.481 e. The maximum absolute atomic E-state index is 12.3. The minimum atomic E-state index is -0.847. The lowest BCUT2D eigenvalue weighted by Crippen LogP contribution is -2.34. The lowest BCUT2D eigenvalue weighted by molar-refractivity contribution is -0.143. The number of nitrogens with one attached hydrogen (secondary N) is 1. The normalized spacial score (nSPS) is 15.2. The summed E-state index contributed by atoms with van der Waals surface area (Å²) in [6.07, 6.45) is 2.73. The number of benzene rings is 1. The highest BCUT2D eigenvalue weighted by Crippen LogP contribution is 2.45. The molecule has 1 amide bonds. The lowest BCUT2D eigenvalue weighted by Gasteiger charge is -2.11. The molecule has 1 aliphatic rings. The molecule has 23 heavy (non-hydrogen) atoms. The molecule has 2 N–H and O–H groups in total. The van der Waals surface area contributed by atoms with Crippen LogP contribution in [0.4, 0.5) is 0 Å². The number of carbonyl (C=O) groups excluding carboxylic acids is 1. The summed E-state index contributed by atoms with van der Waals surface area (Å²) in [5.41, 5.74) is 1.25. The highest BCUT2D eigenvalue weighted by atomic mass is 79.9. The highest BCUT2D eigenvalue weighted by Gasteiger charge is 2.50. The fourth-order valence-electron chi connectivity index (χ4n) is 2.44. The molecule has 0 spiro atoms. The number of halogens is 1. The second-order valence-electron chi connectivity index (χ2n) is 5.80. The van der Waals surface area contributed by atoms with Gasteiger partial charge in [-0.2, -0.15) is 5.10 Å². The molecule has 1 heterocycles. The Hall–Kier alpha value is -2.15. The largest absolute Gasteiger partial charge is 0.481 e. The molecule has 0 radical (unpaired) electrons. The van der Waals surface area contributed by atoms with Crippen molar-refractivity contribution in [1.29, 1.82) is 0 Å². The first-order chi connectivity index (χ1) is 10.9. The number of carbonyl (C=O) groups is 2. The third-order valence-corrected chi connectivity index (χ3v) is 4.75. The van der Waals surface area contributed by atoms with E-state index in [1.54, 1.807) is 4.68 Å². The van der Waals surface area contributed by atoms with Crippen molar-refractivity contribution in [2.45, 2.75) is 19.8 Å². The number of carboxylic acid groups (broad SMARTS) is 1. The van der Waals surface area contributed by atoms with E-state index in [0.29, 0.717) is 24.1 Å². The fraction of sp³-hybridized carbons (Fsp3) is 0.312. The molecular formula is C16H16BrN3O3. The number of aliphatic carboxylic acids is 1. The molecule has 1 fully saturated rings. The van der Waals surface area contributed by atoms with Crippen LogP contribution in [-0.2, 0) is 4.79 Å². The molecule has 1 aliphatic carbocycles. The number of nitrogens with zero attached hydrogens (tertiary/aromatic N) is 2. The molecule has 1 aromatic heterocycles. The van der Waals surface area contributed by atoms with E-state index in [-0.39, 0.29) is 12.5 Å². The van der Waals surface area contributed by atoms with E-state index in [0.717, 1.165) is 10.2 Å². The van der Waals surface area contributed by atoms with Crippen molar-refractivity contribution in [3.8, 4) is 5.69 Å². The fourth-order valence-corrected chi connectivity index (χ4v) is 2.70. The van der Waals surface area contributed by atoms with Crippen LogP contribution in [0.25, 0.3) is 5.69 Å². The number of aromatic nitrogens is 2. The average molecular weight is 378 g/mol. The predicted octanol–water partition coefficient (Wildman–Crippen LogP) is 2.54. The van der Waals surface area contributed by atoms with Crippen LogP contribution in [0.3, 0.4) is 0 Å². The first kappa shape index (κ1) is 15.7. The van der Waals surface area contributed by atoms with E-state index < -0.39 is 11.4 Å². The Bertz CT molecular complexity index is 763. The smallest absolute Gasteiger partial charge is 0.311 e. The maximum atomic E-state index is 12.3. The van der Waals surface area contributed by atoms with Gasteiger partial charge in [0.25, 0.3) is 5.91 Å². The van der Waals surface area contributed by atoms with Gasteiger partial charge in [-0.3, -0.25) is 9.59 Å². The van der Waals surface area contributed by atoms with Gasteiger partial charge in [-0.25, -0.2) is 4.68 Å². The van der Waals surface area contributed by atoms with Crippen LogP contribution in [-0.4, -0.2) is 33.3 Å². The Kier molecular flexibility index (Phi) is 3.97. The van der Waals surface area contributed by atoms with Crippen LogP contribution < -0.4 is 5.32 Å². The third-order valence-electron chi connectivity index (χ3n) is 4.22. The van der Waals surface area contributed by atoms with Gasteiger partial charge in [-0.05, 0) is 44.0 Å². The number of rotatable bonds is 5. The Morgan fingerprint density at radius 2 is 2.00 bits per heavy atom. The minimum absolute atomic E-state index is 0.157. The van der Waals surface area contributed by atoms with Crippen molar-refractivity contribution in [3.05, 3.63) is 46.2 Å². The first-order valence-corrected chi connectivity index (χ1v) is 8.04. The van der Waals surface area contributed by atoms with Crippen molar-refractivity contribution in [2.24, 2.45) is 5.41 Å². The van der Waals surface area contributed by atoms with Crippen molar-refractivity contribution < 1.29 is 14.7 Å². The quantitative estimate of drug-likeness (QED) is 0.838. The molecule has 0 aliphatic heterocycles. The lowest BCUT2D eigenvalue weighted by atomic mass is 10.1. The predicted molar refractivity (Wildman–Crippen MR) is 87.6 cm³/mol. The molecule has 0 bridgehead atoms. The third kappa shape index (κ3) is 3.01. The number of hydrogen-bond acceptors (Lipinski definition) is 3. The Morgan fingerprint density at radius 3 is 2.57 bits per heavy atom. The molecule has 1 saturated carbocycles. The van der Waals surface area contributed by atoms with Crippen molar-refractivity contribution in [1.82, 2.24) is 15.1 Å². The van der Waals surface area contributed by atoms with Crippen molar-refractivity contribution >= 4 is 27.8 Å². The van der Waals surface area contributed by atoms with Gasteiger partial charge in [-0.15, -0.1) is 0 Å². The van der Waals surface area contributed by atoms with E-state index >= 15 is 0 Å². The van der Waals surface area contributed by atoms with Crippen molar-refractivity contribution in [2.75, 3.05) is 6.54 Å². The van der Waals surface area contributed by atoms with E-state index in [9.17, 15) is 9.59 Å². The molecule has 0 atom stereocenters. The van der Waals surface area contributed by atoms with Gasteiger partial charge < -0.3 is 10.4 Å². The Morgan fingerprint density at radius 1 is 1.35 bits per heavy atom. The molecule has 120 valence electrons. The molecule has 0 unspecified atom stereocenters. The monoisotopic (exact) mass is 377 g/mol. The van der Waals surface area contributed by atoms with Gasteiger partial charge in [0, 0.05) is 11.0 Å². The molecular weight excluding hydrogens is 362 g/mol. The standard InChI is InChI=1S/C16H16BrN3O3/c1-10-13(14(21)18-9-16(6-7-16)15(22)23)8-19-20(10)12-4-2-11(17)3-5-12/h2-5,8H,6-7,9H2,1H3,(H,18,21)(H,22,23). The highest BCUT2D eigenvalue weighted by molar-refractivity contribution is 9.10. The zero-order valence-corrected chi connectivity index (χ0v) is 14.1. The number of amides is 1. The average Bonchev–Trinajstić information content (AvgIpc) is 3.23. The van der Waals surface area contributed by atoms with E-state index in [1.165, 1.54) is 6.20 Å². The number of carboxylic acids is 1. The van der Waals surface area contributed by atoms with Gasteiger partial charge in [0.15, 0.2) is 0 Å². The molecule has 3 rings (SSSR count). The summed E-state index contributed by atoms with van der Waals surface area (Å²) in [4.78, 5) is 23.4. The molecule has 2 aromatic rings. The SMILES string of the molecule is Cc1c(C(=O)NCC2(C(=O)O)CC2)cnn1-c1ccc(Br)cc1. The summed E-state index contributed by atoms with van der Waals surface area (Å²) in [6, 6.07) is 7.60. The summed E-state index contributed by atoms with van der Waals surface area (Å²) in [5, 5.41) is 16.1. The van der Waals surface area contributed by atoms with Gasteiger partial charge in [-0.1, -0.05) is 15.9 Å². The maximum Gasteiger partial charge on any atom is 0.311 e. The molecule has 6 nitrogen and oxygen atoms in total. The molecule has 1 aromatic carbocycles. The summed E-state index contributed by atoms with van der Waals surface area (Å²) in [6.45, 7) is 1.97.